The van der Waals surface area contributed by atoms with Crippen molar-refractivity contribution in [3.05, 3.63) is 121 Å². The number of ether oxygens (including phenoxy) is 2. The largest absolute Gasteiger partial charge is 0.494 e. The van der Waals surface area contributed by atoms with Gasteiger partial charge in [-0.3, -0.25) is 9.98 Å². The normalized spacial score (nSPS) is 11.2. The molecule has 6 rings (SSSR count). The molecule has 7 nitrogen and oxygen atoms in total. The van der Waals surface area contributed by atoms with Crippen LogP contribution in [0.25, 0.3) is 22.4 Å². The molecule has 2 aromatic heterocycles. The molecule has 4 aromatic carbocycles. The third kappa shape index (κ3) is 6.00. The molecule has 0 fully saturated rings. The molecule has 0 spiro atoms. The molecule has 0 unspecified atom stereocenters. The third-order valence-electron chi connectivity index (χ3n) is 6.72. The summed E-state index contributed by atoms with van der Waals surface area (Å²) in [7, 11) is 0. The number of fused-ring (bicyclic) bond motifs is 1. The summed E-state index contributed by atoms with van der Waals surface area (Å²) in [5.41, 5.74) is 7.67. The Balaban J connectivity index is 1.29. The van der Waals surface area contributed by atoms with E-state index in [9.17, 15) is 0 Å². The highest BCUT2D eigenvalue weighted by atomic mass is 16.5. The van der Waals surface area contributed by atoms with Crippen molar-refractivity contribution in [1.82, 2.24) is 15.0 Å². The first kappa shape index (κ1) is 26.8. The van der Waals surface area contributed by atoms with Gasteiger partial charge in [0.15, 0.2) is 0 Å². The molecule has 2 heterocycles. The van der Waals surface area contributed by atoms with Crippen molar-refractivity contribution in [3.8, 4) is 22.9 Å². The Morgan fingerprint density at radius 3 is 1.95 bits per heavy atom. The van der Waals surface area contributed by atoms with E-state index in [2.05, 4.69) is 68.4 Å². The number of pyridine rings is 1. The van der Waals surface area contributed by atoms with Crippen LogP contribution in [-0.2, 0) is 0 Å². The zero-order chi connectivity index (χ0) is 28.7. The van der Waals surface area contributed by atoms with Crippen LogP contribution < -0.4 is 14.4 Å². The Morgan fingerprint density at radius 2 is 1.38 bits per heavy atom. The molecule has 42 heavy (non-hydrogen) atoms. The summed E-state index contributed by atoms with van der Waals surface area (Å²) in [6.07, 6.45) is 5.34. The Bertz CT molecular complexity index is 1730. The summed E-state index contributed by atoms with van der Waals surface area (Å²) in [5, 5.41) is 0. The molecule has 7 heteroatoms. The van der Waals surface area contributed by atoms with Gasteiger partial charge in [0.05, 0.1) is 29.9 Å². The van der Waals surface area contributed by atoms with Crippen LogP contribution in [0.4, 0.5) is 22.7 Å². The molecule has 0 aliphatic heterocycles. The highest BCUT2D eigenvalue weighted by Crippen LogP contribution is 2.37. The van der Waals surface area contributed by atoms with Crippen LogP contribution in [-0.4, -0.2) is 34.4 Å². The second kappa shape index (κ2) is 12.4. The maximum atomic E-state index is 5.67. The van der Waals surface area contributed by atoms with Gasteiger partial charge >= 0.3 is 0 Å². The van der Waals surface area contributed by atoms with Crippen molar-refractivity contribution in [2.24, 2.45) is 4.99 Å². The molecule has 0 amide bonds. The summed E-state index contributed by atoms with van der Waals surface area (Å²) in [6.45, 7) is 5.23. The first-order valence-corrected chi connectivity index (χ1v) is 14.0. The number of benzene rings is 4. The number of rotatable bonds is 10. The number of aromatic amines is 1. The quantitative estimate of drug-likeness (QED) is 0.172. The predicted octanol–water partition coefficient (Wildman–Crippen LogP) is 8.64. The van der Waals surface area contributed by atoms with Crippen molar-refractivity contribution in [3.63, 3.8) is 0 Å². The molecule has 0 aliphatic rings. The SMILES string of the molecule is CCOc1ccc(N(c2ccc(OCC)cc2)c2ccc(-c3nc4cc(N=Cc5cccnc5)ccc4[nH]3)cc2)cc1. The number of aliphatic imine (C=N–C) groups is 1. The Labute approximate surface area is 245 Å². The van der Waals surface area contributed by atoms with Crippen LogP contribution in [0.15, 0.2) is 121 Å². The van der Waals surface area contributed by atoms with Crippen LogP contribution in [0.2, 0.25) is 0 Å². The van der Waals surface area contributed by atoms with Crippen molar-refractivity contribution in [1.29, 1.82) is 0 Å². The first-order chi connectivity index (χ1) is 20.7. The van der Waals surface area contributed by atoms with E-state index in [1.165, 1.54) is 0 Å². The number of hydrogen-bond donors (Lipinski definition) is 1. The van der Waals surface area contributed by atoms with Crippen molar-refractivity contribution >= 4 is 40.0 Å². The minimum Gasteiger partial charge on any atom is -0.494 e. The van der Waals surface area contributed by atoms with Gasteiger partial charge in [-0.05, 0) is 111 Å². The molecule has 0 atom stereocenters. The van der Waals surface area contributed by atoms with Gasteiger partial charge in [0.1, 0.15) is 17.3 Å². The zero-order valence-electron chi connectivity index (χ0n) is 23.6. The topological polar surface area (TPSA) is 75.6 Å². The maximum Gasteiger partial charge on any atom is 0.138 e. The van der Waals surface area contributed by atoms with E-state index in [1.807, 2.05) is 68.4 Å². The Hall–Kier alpha value is -5.43. The lowest BCUT2D eigenvalue weighted by molar-refractivity contribution is 0.340. The van der Waals surface area contributed by atoms with E-state index in [0.29, 0.717) is 13.2 Å². The Kier molecular flexibility index (Phi) is 7.90. The predicted molar refractivity (Wildman–Crippen MR) is 170 cm³/mol. The molecule has 1 N–H and O–H groups in total. The molecular formula is C35H31N5O2. The smallest absolute Gasteiger partial charge is 0.138 e. The van der Waals surface area contributed by atoms with Crippen molar-refractivity contribution in [2.75, 3.05) is 18.1 Å². The highest BCUT2D eigenvalue weighted by Gasteiger charge is 2.14. The van der Waals surface area contributed by atoms with E-state index in [-0.39, 0.29) is 0 Å². The minimum atomic E-state index is 0.630. The molecular weight excluding hydrogens is 522 g/mol. The van der Waals surface area contributed by atoms with E-state index in [0.717, 1.165) is 62.2 Å². The zero-order valence-corrected chi connectivity index (χ0v) is 23.6. The fourth-order valence-electron chi connectivity index (χ4n) is 4.74. The van der Waals surface area contributed by atoms with E-state index in [4.69, 9.17) is 14.5 Å². The van der Waals surface area contributed by atoms with Crippen LogP contribution >= 0.6 is 0 Å². The van der Waals surface area contributed by atoms with E-state index < -0.39 is 0 Å². The van der Waals surface area contributed by atoms with Crippen molar-refractivity contribution < 1.29 is 9.47 Å². The number of anilines is 3. The van der Waals surface area contributed by atoms with Gasteiger partial charge in [-0.1, -0.05) is 6.07 Å². The standard InChI is InChI=1S/C35H31N5O2/c1-3-41-31-16-12-29(13-17-31)40(30-14-18-32(19-15-30)42-4-2)28-10-7-26(8-11-28)35-38-33-20-9-27(22-34(33)39-35)37-24-25-6-5-21-36-23-25/h5-24H,3-4H2,1-2H3,(H,38,39). The fourth-order valence-corrected chi connectivity index (χ4v) is 4.74. The van der Waals surface area contributed by atoms with Crippen molar-refractivity contribution in [2.45, 2.75) is 13.8 Å². The number of nitrogens with zero attached hydrogens (tertiary/aromatic N) is 4. The molecule has 0 aliphatic carbocycles. The molecule has 208 valence electrons. The van der Waals surface area contributed by atoms with Gasteiger partial charge in [-0.15, -0.1) is 0 Å². The molecule has 6 aromatic rings. The lowest BCUT2D eigenvalue weighted by Gasteiger charge is -2.26. The summed E-state index contributed by atoms with van der Waals surface area (Å²) in [4.78, 5) is 19.2. The van der Waals surface area contributed by atoms with E-state index >= 15 is 0 Å². The maximum absolute atomic E-state index is 5.67. The third-order valence-corrected chi connectivity index (χ3v) is 6.72. The van der Waals surface area contributed by atoms with E-state index in [1.54, 1.807) is 18.6 Å². The number of nitrogens with one attached hydrogen (secondary N) is 1. The molecule has 0 saturated heterocycles. The summed E-state index contributed by atoms with van der Waals surface area (Å²) in [6, 6.07) is 34.5. The lowest BCUT2D eigenvalue weighted by atomic mass is 10.1. The second-order valence-electron chi connectivity index (χ2n) is 9.57. The Morgan fingerprint density at radius 1 is 0.762 bits per heavy atom. The number of imidazole rings is 1. The number of hydrogen-bond acceptors (Lipinski definition) is 6. The molecule has 0 radical (unpaired) electrons. The van der Waals surface area contributed by atoms with Gasteiger partial charge in [0.25, 0.3) is 0 Å². The number of aromatic nitrogens is 3. The van der Waals surface area contributed by atoms with Gasteiger partial charge in [0.2, 0.25) is 0 Å². The average molecular weight is 554 g/mol. The van der Waals surface area contributed by atoms with Crippen LogP contribution in [0.3, 0.4) is 0 Å². The second-order valence-corrected chi connectivity index (χ2v) is 9.57. The first-order valence-electron chi connectivity index (χ1n) is 14.0. The highest BCUT2D eigenvalue weighted by molar-refractivity contribution is 5.86. The summed E-state index contributed by atoms with van der Waals surface area (Å²) < 4.78 is 11.3. The minimum absolute atomic E-state index is 0.630. The summed E-state index contributed by atoms with van der Waals surface area (Å²) >= 11 is 0. The monoisotopic (exact) mass is 553 g/mol. The number of H-pyrrole nitrogens is 1. The van der Waals surface area contributed by atoms with Crippen LogP contribution in [0.1, 0.15) is 19.4 Å². The average Bonchev–Trinajstić information content (AvgIpc) is 3.47. The van der Waals surface area contributed by atoms with Gasteiger partial charge < -0.3 is 19.4 Å². The lowest BCUT2D eigenvalue weighted by Crippen LogP contribution is -2.10. The van der Waals surface area contributed by atoms with Crippen LogP contribution in [0.5, 0.6) is 11.5 Å². The van der Waals surface area contributed by atoms with Crippen LogP contribution in [0, 0.1) is 0 Å². The van der Waals surface area contributed by atoms with Gasteiger partial charge in [-0.2, -0.15) is 0 Å². The molecule has 0 saturated carbocycles. The molecule has 0 bridgehead atoms. The fraction of sp³-hybridized carbons (Fsp3) is 0.114. The summed E-state index contributed by atoms with van der Waals surface area (Å²) in [5.74, 6) is 2.50. The van der Waals surface area contributed by atoms with Gasteiger partial charge in [0, 0.05) is 46.8 Å². The van der Waals surface area contributed by atoms with Gasteiger partial charge in [-0.25, -0.2) is 4.98 Å².